The highest BCUT2D eigenvalue weighted by Gasteiger charge is 2.32. The number of nitrogens with one attached hydrogen (secondary N) is 1. The molecule has 0 spiro atoms. The standard InChI is InChI=1S/C35H46N6O7S/c1-24(2)20-40(49(46,47)29-12-13-32-30(19-29)36-23-39(32)15-14-38(5)6)21-33(42)31(18-27-10-8-7-9-11-27)37-34(43)22-48-35-25(3)16-28(41(44)45)17-26(35)4/h7-13,16-17,19,23-24,31,33,42H,14-15,18,20-22H2,1-6H3,(H,37,43)/t31-,33+/m0/s1. The Morgan fingerprint density at radius 3 is 2.35 bits per heavy atom. The molecule has 264 valence electrons. The van der Waals surface area contributed by atoms with Gasteiger partial charge in [0.15, 0.2) is 6.61 Å². The first kappa shape index (κ1) is 37.4. The summed E-state index contributed by atoms with van der Waals surface area (Å²) in [6.45, 7) is 8.08. The van der Waals surface area contributed by atoms with Gasteiger partial charge in [0.1, 0.15) is 5.75 Å². The van der Waals surface area contributed by atoms with Gasteiger partial charge in [0.05, 0.1) is 39.3 Å². The van der Waals surface area contributed by atoms with Gasteiger partial charge in [0.25, 0.3) is 11.6 Å². The number of hydrogen-bond acceptors (Lipinski definition) is 9. The number of hydrogen-bond donors (Lipinski definition) is 2. The van der Waals surface area contributed by atoms with Gasteiger partial charge in [0.2, 0.25) is 10.0 Å². The Bertz CT molecular complexity index is 1840. The summed E-state index contributed by atoms with van der Waals surface area (Å²) >= 11 is 0. The summed E-state index contributed by atoms with van der Waals surface area (Å²) in [5.41, 5.74) is 3.15. The van der Waals surface area contributed by atoms with Gasteiger partial charge in [0, 0.05) is 38.3 Å². The molecule has 13 nitrogen and oxygen atoms in total. The highest BCUT2D eigenvalue weighted by Crippen LogP contribution is 2.28. The molecule has 0 unspecified atom stereocenters. The molecular formula is C35H46N6O7S. The van der Waals surface area contributed by atoms with E-state index in [1.807, 2.05) is 62.8 Å². The Morgan fingerprint density at radius 2 is 1.73 bits per heavy atom. The van der Waals surface area contributed by atoms with E-state index < -0.39 is 39.6 Å². The lowest BCUT2D eigenvalue weighted by Gasteiger charge is -2.31. The molecule has 4 rings (SSSR count). The number of sulfonamides is 1. The molecule has 0 bridgehead atoms. The molecule has 1 amide bonds. The fourth-order valence-corrected chi connectivity index (χ4v) is 7.29. The van der Waals surface area contributed by atoms with Gasteiger partial charge in [-0.15, -0.1) is 0 Å². The van der Waals surface area contributed by atoms with Crippen molar-refractivity contribution in [1.29, 1.82) is 0 Å². The third-order valence-electron chi connectivity index (χ3n) is 8.09. The number of aromatic nitrogens is 2. The van der Waals surface area contributed by atoms with Crippen molar-refractivity contribution in [2.45, 2.75) is 57.7 Å². The number of nitro groups is 1. The fraction of sp³-hybridized carbons (Fsp3) is 0.429. The molecule has 0 saturated carbocycles. The number of carbonyl (C=O) groups is 1. The summed E-state index contributed by atoms with van der Waals surface area (Å²) in [4.78, 5) is 30.5. The minimum absolute atomic E-state index is 0.0558. The lowest BCUT2D eigenvalue weighted by molar-refractivity contribution is -0.385. The summed E-state index contributed by atoms with van der Waals surface area (Å²) in [5.74, 6) is -0.236. The van der Waals surface area contributed by atoms with Crippen LogP contribution >= 0.6 is 0 Å². The van der Waals surface area contributed by atoms with Crippen LogP contribution in [0.1, 0.15) is 30.5 Å². The first-order chi connectivity index (χ1) is 23.1. The van der Waals surface area contributed by atoms with Crippen LogP contribution < -0.4 is 10.1 Å². The minimum Gasteiger partial charge on any atom is -0.483 e. The van der Waals surface area contributed by atoms with E-state index >= 15 is 0 Å². The van der Waals surface area contributed by atoms with Crippen LogP contribution in [-0.2, 0) is 27.8 Å². The molecule has 0 aliphatic rings. The van der Waals surface area contributed by atoms with Crippen LogP contribution in [0.3, 0.4) is 0 Å². The highest BCUT2D eigenvalue weighted by molar-refractivity contribution is 7.89. The minimum atomic E-state index is -4.07. The molecule has 0 saturated heterocycles. The van der Waals surface area contributed by atoms with E-state index in [-0.39, 0.29) is 36.0 Å². The third kappa shape index (κ3) is 9.85. The van der Waals surface area contributed by atoms with Crippen molar-refractivity contribution in [2.24, 2.45) is 5.92 Å². The number of benzene rings is 3. The van der Waals surface area contributed by atoms with E-state index in [1.54, 1.807) is 38.4 Å². The number of nitrogens with zero attached hydrogens (tertiary/aromatic N) is 5. The Labute approximate surface area is 287 Å². The molecule has 1 heterocycles. The molecule has 0 radical (unpaired) electrons. The van der Waals surface area contributed by atoms with Crippen LogP contribution in [0.15, 0.2) is 71.9 Å². The normalized spacial score (nSPS) is 13.3. The maximum absolute atomic E-state index is 14.1. The topological polar surface area (TPSA) is 160 Å². The molecule has 0 fully saturated rings. The summed E-state index contributed by atoms with van der Waals surface area (Å²) in [7, 11) is -0.107. The van der Waals surface area contributed by atoms with E-state index in [4.69, 9.17) is 4.74 Å². The maximum Gasteiger partial charge on any atom is 0.270 e. The lowest BCUT2D eigenvalue weighted by atomic mass is 10.0. The van der Waals surface area contributed by atoms with Crippen molar-refractivity contribution in [3.05, 3.63) is 93.8 Å². The number of ether oxygens (including phenoxy) is 1. The highest BCUT2D eigenvalue weighted by atomic mass is 32.2. The van der Waals surface area contributed by atoms with E-state index in [1.165, 1.54) is 16.4 Å². The molecule has 4 aromatic rings. The van der Waals surface area contributed by atoms with E-state index in [0.717, 1.165) is 17.6 Å². The van der Waals surface area contributed by atoms with Gasteiger partial charge in [-0.25, -0.2) is 13.4 Å². The number of amides is 1. The van der Waals surface area contributed by atoms with Gasteiger partial charge >= 0.3 is 0 Å². The molecule has 0 aliphatic heterocycles. The molecule has 49 heavy (non-hydrogen) atoms. The molecular weight excluding hydrogens is 648 g/mol. The SMILES string of the molecule is Cc1cc([N+](=O)[O-])cc(C)c1OCC(=O)N[C@@H](Cc1ccccc1)[C@H](O)CN(CC(C)C)S(=O)(=O)c1ccc2c(c1)ncn2CCN(C)C. The first-order valence-corrected chi connectivity index (χ1v) is 17.6. The number of rotatable bonds is 17. The molecule has 2 atom stereocenters. The second-order valence-electron chi connectivity index (χ2n) is 13.0. The predicted octanol–water partition coefficient (Wildman–Crippen LogP) is 3.94. The molecule has 2 N–H and O–H groups in total. The Morgan fingerprint density at radius 1 is 1.06 bits per heavy atom. The summed E-state index contributed by atoms with van der Waals surface area (Å²) in [6, 6.07) is 16.0. The van der Waals surface area contributed by atoms with Gasteiger partial charge in [-0.1, -0.05) is 44.2 Å². The second-order valence-corrected chi connectivity index (χ2v) is 14.9. The van der Waals surface area contributed by atoms with Crippen LogP contribution in [0.4, 0.5) is 5.69 Å². The van der Waals surface area contributed by atoms with E-state index in [2.05, 4.69) is 15.2 Å². The number of aliphatic hydroxyl groups excluding tert-OH is 1. The quantitative estimate of drug-likeness (QED) is 0.123. The summed E-state index contributed by atoms with van der Waals surface area (Å²) in [5, 5.41) is 25.7. The number of aliphatic hydroxyl groups is 1. The zero-order chi connectivity index (χ0) is 35.9. The number of non-ortho nitro benzene ring substituents is 1. The molecule has 14 heteroatoms. The smallest absolute Gasteiger partial charge is 0.270 e. The van der Waals surface area contributed by atoms with Crippen molar-refractivity contribution in [1.82, 2.24) is 24.1 Å². The number of imidazole rings is 1. The number of likely N-dealkylation sites (N-methyl/N-ethyl adjacent to an activating group) is 1. The zero-order valence-electron chi connectivity index (χ0n) is 28.9. The Balaban J connectivity index is 1.55. The average Bonchev–Trinajstić information content (AvgIpc) is 3.45. The van der Waals surface area contributed by atoms with Crippen LogP contribution in [-0.4, -0.2) is 95.6 Å². The molecule has 1 aromatic heterocycles. The Hall–Kier alpha value is -4.37. The van der Waals surface area contributed by atoms with Crippen LogP contribution in [0.25, 0.3) is 11.0 Å². The summed E-state index contributed by atoms with van der Waals surface area (Å²) < 4.78 is 37.2. The van der Waals surface area contributed by atoms with Gasteiger partial charge in [-0.2, -0.15) is 4.31 Å². The average molecular weight is 695 g/mol. The molecule has 3 aromatic carbocycles. The predicted molar refractivity (Wildman–Crippen MR) is 188 cm³/mol. The van der Waals surface area contributed by atoms with Crippen LogP contribution in [0.2, 0.25) is 0 Å². The number of fused-ring (bicyclic) bond motifs is 1. The monoisotopic (exact) mass is 694 g/mol. The van der Waals surface area contributed by atoms with Crippen molar-refractivity contribution < 1.29 is 28.0 Å². The summed E-state index contributed by atoms with van der Waals surface area (Å²) in [6.07, 6.45) is 0.648. The van der Waals surface area contributed by atoms with Crippen molar-refractivity contribution in [2.75, 3.05) is 40.3 Å². The van der Waals surface area contributed by atoms with Gasteiger partial charge < -0.3 is 24.6 Å². The van der Waals surface area contributed by atoms with E-state index in [0.29, 0.717) is 28.9 Å². The van der Waals surface area contributed by atoms with Crippen molar-refractivity contribution in [3.8, 4) is 5.75 Å². The van der Waals surface area contributed by atoms with Crippen molar-refractivity contribution >= 4 is 32.7 Å². The largest absolute Gasteiger partial charge is 0.483 e. The number of carbonyl (C=O) groups excluding carboxylic acids is 1. The fourth-order valence-electron chi connectivity index (χ4n) is 5.65. The van der Waals surface area contributed by atoms with Gasteiger partial charge in [-0.05, 0) is 75.2 Å². The first-order valence-electron chi connectivity index (χ1n) is 16.1. The third-order valence-corrected chi connectivity index (χ3v) is 9.92. The zero-order valence-corrected chi connectivity index (χ0v) is 29.7. The van der Waals surface area contributed by atoms with Gasteiger partial charge in [-0.3, -0.25) is 14.9 Å². The number of nitro benzene ring substituents is 1. The van der Waals surface area contributed by atoms with Crippen LogP contribution in [0.5, 0.6) is 5.75 Å². The Kier molecular flexibility index (Phi) is 12.5. The second kappa shape index (κ2) is 16.4. The lowest BCUT2D eigenvalue weighted by Crippen LogP contribution is -2.52. The van der Waals surface area contributed by atoms with Crippen LogP contribution in [0, 0.1) is 29.9 Å². The van der Waals surface area contributed by atoms with E-state index in [9.17, 15) is 28.4 Å². The number of aryl methyl sites for hydroxylation is 2. The van der Waals surface area contributed by atoms with Crippen molar-refractivity contribution in [3.63, 3.8) is 0 Å². The maximum atomic E-state index is 14.1. The molecule has 0 aliphatic carbocycles.